The smallest absolute Gasteiger partial charge is 0.120 e. The molecule has 0 amide bonds. The third kappa shape index (κ3) is 3.29. The molecule has 3 rings (SSSR count). The normalized spacial score (nSPS) is 29.8. The molecule has 1 aromatic carbocycles. The van der Waals surface area contributed by atoms with Crippen LogP contribution < -0.4 is 4.74 Å². The molecule has 2 nitrogen and oxygen atoms in total. The molecule has 20 heavy (non-hydrogen) atoms. The van der Waals surface area contributed by atoms with Crippen molar-refractivity contribution < 1.29 is 9.47 Å². The van der Waals surface area contributed by atoms with E-state index < -0.39 is 0 Å². The van der Waals surface area contributed by atoms with Gasteiger partial charge >= 0.3 is 0 Å². The van der Waals surface area contributed by atoms with Gasteiger partial charge in [0.15, 0.2) is 0 Å². The SMILES string of the molecule is ClCc1cc(OC2CCOC3(CCSC3)C2)ccc1Br. The van der Waals surface area contributed by atoms with E-state index in [9.17, 15) is 0 Å². The summed E-state index contributed by atoms with van der Waals surface area (Å²) in [5.74, 6) is 3.73. The summed E-state index contributed by atoms with van der Waals surface area (Å²) in [6, 6.07) is 6.04. The van der Waals surface area contributed by atoms with Crippen molar-refractivity contribution in [3.05, 3.63) is 28.2 Å². The zero-order valence-corrected chi connectivity index (χ0v) is 14.4. The average Bonchev–Trinajstić information content (AvgIpc) is 2.89. The minimum absolute atomic E-state index is 0.0677. The molecule has 1 aromatic rings. The van der Waals surface area contributed by atoms with Gasteiger partial charge in [0.2, 0.25) is 0 Å². The van der Waals surface area contributed by atoms with E-state index in [2.05, 4.69) is 15.9 Å². The number of benzene rings is 1. The molecule has 2 heterocycles. The summed E-state index contributed by atoms with van der Waals surface area (Å²) in [5.41, 5.74) is 1.14. The first-order valence-corrected chi connectivity index (χ1v) is 9.42. The Bertz CT molecular complexity index is 477. The number of hydrogen-bond acceptors (Lipinski definition) is 3. The second kappa shape index (κ2) is 6.47. The Balaban J connectivity index is 1.68. The van der Waals surface area contributed by atoms with Crippen molar-refractivity contribution in [3.8, 4) is 5.75 Å². The number of hydrogen-bond donors (Lipinski definition) is 0. The van der Waals surface area contributed by atoms with Gasteiger partial charge in [-0.15, -0.1) is 11.6 Å². The molecule has 110 valence electrons. The molecule has 0 radical (unpaired) electrons. The Morgan fingerprint density at radius 2 is 2.40 bits per heavy atom. The molecule has 0 N–H and O–H groups in total. The number of alkyl halides is 1. The molecular weight excluding hydrogens is 360 g/mol. The highest BCUT2D eigenvalue weighted by atomic mass is 79.9. The largest absolute Gasteiger partial charge is 0.490 e. The Hall–Kier alpha value is 0.1000. The lowest BCUT2D eigenvalue weighted by Crippen LogP contribution is -2.43. The van der Waals surface area contributed by atoms with Gasteiger partial charge in [-0.25, -0.2) is 0 Å². The summed E-state index contributed by atoms with van der Waals surface area (Å²) < 4.78 is 13.2. The highest BCUT2D eigenvalue weighted by molar-refractivity contribution is 9.10. The summed E-state index contributed by atoms with van der Waals surface area (Å²) in [7, 11) is 0. The highest BCUT2D eigenvalue weighted by Crippen LogP contribution is 2.39. The molecule has 0 bridgehead atoms. The fourth-order valence-corrected chi connectivity index (χ4v) is 5.01. The van der Waals surface area contributed by atoms with Crippen molar-refractivity contribution in [3.63, 3.8) is 0 Å². The van der Waals surface area contributed by atoms with Crippen molar-refractivity contribution in [1.82, 2.24) is 0 Å². The van der Waals surface area contributed by atoms with Gasteiger partial charge in [0.25, 0.3) is 0 Å². The lowest BCUT2D eigenvalue weighted by Gasteiger charge is -2.37. The predicted molar refractivity (Wildman–Crippen MR) is 88.0 cm³/mol. The van der Waals surface area contributed by atoms with Gasteiger partial charge in [-0.05, 0) is 35.9 Å². The van der Waals surface area contributed by atoms with E-state index in [1.54, 1.807) is 0 Å². The van der Waals surface area contributed by atoms with Crippen molar-refractivity contribution in [2.75, 3.05) is 18.1 Å². The van der Waals surface area contributed by atoms with Crippen LogP contribution in [0.25, 0.3) is 0 Å². The average molecular weight is 378 g/mol. The van der Waals surface area contributed by atoms with Crippen LogP contribution in [0.4, 0.5) is 0 Å². The van der Waals surface area contributed by atoms with Gasteiger partial charge in [0.05, 0.1) is 12.2 Å². The van der Waals surface area contributed by atoms with Gasteiger partial charge in [-0.3, -0.25) is 0 Å². The number of thioether (sulfide) groups is 1. The second-order valence-electron chi connectivity index (χ2n) is 5.45. The minimum atomic E-state index is 0.0677. The first kappa shape index (κ1) is 15.0. The molecule has 1 spiro atoms. The Kier molecular flexibility index (Phi) is 4.86. The standard InChI is InChI=1S/C15H18BrClO2S/c16-14-2-1-12(7-11(14)9-17)19-13-3-5-18-15(8-13)4-6-20-10-15/h1-2,7,13H,3-6,8-10H2. The Morgan fingerprint density at radius 1 is 1.50 bits per heavy atom. The zero-order valence-electron chi connectivity index (χ0n) is 11.2. The van der Waals surface area contributed by atoms with Crippen LogP contribution >= 0.6 is 39.3 Å². The van der Waals surface area contributed by atoms with Crippen LogP contribution in [0.3, 0.4) is 0 Å². The molecule has 2 fully saturated rings. The summed E-state index contributed by atoms with van der Waals surface area (Å²) in [5, 5.41) is 0. The molecule has 0 saturated carbocycles. The van der Waals surface area contributed by atoms with Crippen LogP contribution in [-0.2, 0) is 10.6 Å². The van der Waals surface area contributed by atoms with Crippen LogP contribution in [-0.4, -0.2) is 29.8 Å². The van der Waals surface area contributed by atoms with Crippen molar-refractivity contribution in [1.29, 1.82) is 0 Å². The van der Waals surface area contributed by atoms with E-state index in [-0.39, 0.29) is 11.7 Å². The fraction of sp³-hybridized carbons (Fsp3) is 0.600. The maximum atomic E-state index is 6.17. The highest BCUT2D eigenvalue weighted by Gasteiger charge is 2.41. The van der Waals surface area contributed by atoms with Crippen molar-refractivity contribution >= 4 is 39.3 Å². The van der Waals surface area contributed by atoms with E-state index >= 15 is 0 Å². The van der Waals surface area contributed by atoms with Gasteiger partial charge in [-0.1, -0.05) is 15.9 Å². The van der Waals surface area contributed by atoms with Gasteiger partial charge in [-0.2, -0.15) is 11.8 Å². The zero-order chi connectivity index (χ0) is 14.0. The van der Waals surface area contributed by atoms with Crippen LogP contribution in [0, 0.1) is 0 Å². The van der Waals surface area contributed by atoms with Gasteiger partial charge in [0.1, 0.15) is 11.9 Å². The second-order valence-corrected chi connectivity index (χ2v) is 7.68. The Morgan fingerprint density at radius 3 is 3.15 bits per heavy atom. The molecule has 5 heteroatoms. The molecule has 2 aliphatic heterocycles. The van der Waals surface area contributed by atoms with Gasteiger partial charge in [0, 0.05) is 28.9 Å². The molecular formula is C15H18BrClO2S. The summed E-state index contributed by atoms with van der Waals surface area (Å²) >= 11 is 11.4. The molecule has 2 atom stereocenters. The van der Waals surface area contributed by atoms with Crippen LogP contribution in [0.5, 0.6) is 5.75 Å². The lowest BCUT2D eigenvalue weighted by atomic mass is 9.91. The molecule has 2 saturated heterocycles. The quantitative estimate of drug-likeness (QED) is 0.716. The Labute approximate surface area is 137 Å². The summed E-state index contributed by atoms with van der Waals surface area (Å²) in [6.07, 6.45) is 3.39. The third-order valence-corrected chi connectivity index (χ3v) is 6.26. The molecule has 0 aromatic heterocycles. The van der Waals surface area contributed by atoms with E-state index in [1.807, 2.05) is 30.0 Å². The van der Waals surface area contributed by atoms with E-state index in [1.165, 1.54) is 5.75 Å². The van der Waals surface area contributed by atoms with E-state index in [4.69, 9.17) is 21.1 Å². The monoisotopic (exact) mass is 376 g/mol. The number of ether oxygens (including phenoxy) is 2. The molecule has 2 aliphatic rings. The minimum Gasteiger partial charge on any atom is -0.490 e. The summed E-state index contributed by atoms with van der Waals surface area (Å²) in [6.45, 7) is 0.810. The number of rotatable bonds is 3. The predicted octanol–water partition coefficient (Wildman–Crippen LogP) is 4.62. The number of halogens is 2. The first-order valence-electron chi connectivity index (χ1n) is 6.93. The van der Waals surface area contributed by atoms with E-state index in [0.29, 0.717) is 5.88 Å². The topological polar surface area (TPSA) is 18.5 Å². The maximum Gasteiger partial charge on any atom is 0.120 e. The van der Waals surface area contributed by atoms with E-state index in [0.717, 1.165) is 47.4 Å². The van der Waals surface area contributed by atoms with Gasteiger partial charge < -0.3 is 9.47 Å². The molecule has 2 unspecified atom stereocenters. The van der Waals surface area contributed by atoms with Crippen LogP contribution in [0.1, 0.15) is 24.8 Å². The first-order chi connectivity index (χ1) is 9.71. The maximum absolute atomic E-state index is 6.17. The van der Waals surface area contributed by atoms with Crippen LogP contribution in [0.15, 0.2) is 22.7 Å². The summed E-state index contributed by atoms with van der Waals surface area (Å²) in [4.78, 5) is 0. The lowest BCUT2D eigenvalue weighted by molar-refractivity contribution is -0.0959. The third-order valence-electron chi connectivity index (χ3n) is 3.98. The van der Waals surface area contributed by atoms with Crippen molar-refractivity contribution in [2.45, 2.75) is 36.8 Å². The van der Waals surface area contributed by atoms with Crippen LogP contribution in [0.2, 0.25) is 0 Å². The fourth-order valence-electron chi connectivity index (χ4n) is 2.87. The van der Waals surface area contributed by atoms with Crippen molar-refractivity contribution in [2.24, 2.45) is 0 Å². The molecule has 0 aliphatic carbocycles.